The molecule has 1 aliphatic carbocycles. The van der Waals surface area contributed by atoms with Crippen LogP contribution >= 0.6 is 0 Å². The van der Waals surface area contributed by atoms with E-state index >= 15 is 0 Å². The van der Waals surface area contributed by atoms with Crippen molar-refractivity contribution >= 4 is 22.6 Å². The summed E-state index contributed by atoms with van der Waals surface area (Å²) in [4.78, 5) is 16.8. The Morgan fingerprint density at radius 3 is 2.79 bits per heavy atom. The monoisotopic (exact) mass is 319 g/mol. The van der Waals surface area contributed by atoms with Crippen LogP contribution < -0.4 is 5.32 Å². The van der Waals surface area contributed by atoms with Crippen molar-refractivity contribution in [3.05, 3.63) is 58.9 Å². The molecule has 24 heavy (non-hydrogen) atoms. The zero-order valence-corrected chi connectivity index (χ0v) is 14.1. The molecule has 2 aromatic carbocycles. The van der Waals surface area contributed by atoms with Gasteiger partial charge in [-0.2, -0.15) is 0 Å². The largest absolute Gasteiger partial charge is 0.325 e. The lowest BCUT2D eigenvalue weighted by molar-refractivity contribution is -0.116. The first-order valence-corrected chi connectivity index (χ1v) is 8.44. The van der Waals surface area contributed by atoms with Crippen LogP contribution in [0.4, 0.5) is 5.69 Å². The molecule has 4 nitrogen and oxygen atoms in total. The van der Waals surface area contributed by atoms with Gasteiger partial charge in [0.1, 0.15) is 6.54 Å². The highest BCUT2D eigenvalue weighted by molar-refractivity contribution is 5.91. The molecule has 122 valence electrons. The number of imidazole rings is 1. The number of anilines is 1. The van der Waals surface area contributed by atoms with E-state index in [0.29, 0.717) is 0 Å². The fraction of sp³-hybridized carbons (Fsp3) is 0.300. The Bertz CT molecular complexity index is 939. The fourth-order valence-corrected chi connectivity index (χ4v) is 3.44. The molecule has 0 spiro atoms. The van der Waals surface area contributed by atoms with E-state index in [-0.39, 0.29) is 12.5 Å². The summed E-state index contributed by atoms with van der Waals surface area (Å²) < 4.78 is 1.91. The number of nitrogens with zero attached hydrogens (tertiary/aromatic N) is 2. The summed E-state index contributed by atoms with van der Waals surface area (Å²) in [6, 6.07) is 10.4. The van der Waals surface area contributed by atoms with Gasteiger partial charge < -0.3 is 9.88 Å². The first kappa shape index (κ1) is 14.9. The third kappa shape index (κ3) is 2.68. The lowest BCUT2D eigenvalue weighted by atomic mass is 10.1. The second kappa shape index (κ2) is 5.78. The number of fused-ring (bicyclic) bond motifs is 2. The molecule has 0 saturated carbocycles. The van der Waals surface area contributed by atoms with E-state index in [4.69, 9.17) is 0 Å². The summed E-state index contributed by atoms with van der Waals surface area (Å²) >= 11 is 0. The van der Waals surface area contributed by atoms with E-state index in [1.54, 1.807) is 6.33 Å². The fourth-order valence-electron chi connectivity index (χ4n) is 3.44. The highest BCUT2D eigenvalue weighted by Crippen LogP contribution is 2.25. The van der Waals surface area contributed by atoms with E-state index in [9.17, 15) is 4.79 Å². The smallest absolute Gasteiger partial charge is 0.244 e. The Balaban J connectivity index is 1.53. The first-order chi connectivity index (χ1) is 11.6. The van der Waals surface area contributed by atoms with Gasteiger partial charge in [-0.3, -0.25) is 4.79 Å². The molecule has 0 aliphatic heterocycles. The third-order valence-electron chi connectivity index (χ3n) is 4.93. The van der Waals surface area contributed by atoms with Crippen LogP contribution in [0.5, 0.6) is 0 Å². The van der Waals surface area contributed by atoms with Crippen molar-refractivity contribution in [3.8, 4) is 0 Å². The van der Waals surface area contributed by atoms with Crippen LogP contribution in [-0.2, 0) is 24.2 Å². The molecule has 3 aromatic rings. The van der Waals surface area contributed by atoms with Crippen LogP contribution in [0.2, 0.25) is 0 Å². The van der Waals surface area contributed by atoms with Crippen LogP contribution in [0, 0.1) is 13.8 Å². The topological polar surface area (TPSA) is 46.9 Å². The van der Waals surface area contributed by atoms with Gasteiger partial charge >= 0.3 is 0 Å². The Morgan fingerprint density at radius 1 is 1.12 bits per heavy atom. The molecule has 0 fully saturated rings. The van der Waals surface area contributed by atoms with Gasteiger partial charge in [-0.15, -0.1) is 0 Å². The average molecular weight is 319 g/mol. The van der Waals surface area contributed by atoms with Gasteiger partial charge in [-0.25, -0.2) is 4.98 Å². The van der Waals surface area contributed by atoms with Gasteiger partial charge in [0, 0.05) is 5.69 Å². The van der Waals surface area contributed by atoms with Crippen molar-refractivity contribution in [2.75, 3.05) is 5.32 Å². The zero-order chi connectivity index (χ0) is 16.7. The van der Waals surface area contributed by atoms with Crippen molar-refractivity contribution in [2.24, 2.45) is 0 Å². The molecule has 0 atom stereocenters. The summed E-state index contributed by atoms with van der Waals surface area (Å²) in [6.07, 6.45) is 5.23. The summed E-state index contributed by atoms with van der Waals surface area (Å²) in [5, 5.41) is 3.01. The molecule has 4 heteroatoms. The molecular formula is C20H21N3O. The maximum atomic E-state index is 12.4. The Hall–Kier alpha value is -2.62. The van der Waals surface area contributed by atoms with Crippen LogP contribution in [0.3, 0.4) is 0 Å². The number of benzene rings is 2. The van der Waals surface area contributed by atoms with Gasteiger partial charge in [0.25, 0.3) is 0 Å². The number of carbonyl (C=O) groups is 1. The van der Waals surface area contributed by atoms with E-state index < -0.39 is 0 Å². The van der Waals surface area contributed by atoms with Gasteiger partial charge in [0.2, 0.25) is 5.91 Å². The number of aromatic nitrogens is 2. The predicted molar refractivity (Wildman–Crippen MR) is 96.3 cm³/mol. The summed E-state index contributed by atoms with van der Waals surface area (Å²) in [6.45, 7) is 4.43. The van der Waals surface area contributed by atoms with Crippen molar-refractivity contribution in [1.29, 1.82) is 0 Å². The molecule has 0 saturated heterocycles. The van der Waals surface area contributed by atoms with Crippen molar-refractivity contribution in [1.82, 2.24) is 9.55 Å². The average Bonchev–Trinajstić information content (AvgIpc) is 3.15. The second-order valence-corrected chi connectivity index (χ2v) is 6.68. The van der Waals surface area contributed by atoms with Gasteiger partial charge in [-0.05, 0) is 79.6 Å². The summed E-state index contributed by atoms with van der Waals surface area (Å²) in [5.74, 6) is -0.0227. The second-order valence-electron chi connectivity index (χ2n) is 6.68. The number of amides is 1. The zero-order valence-electron chi connectivity index (χ0n) is 14.1. The minimum absolute atomic E-state index is 0.0227. The first-order valence-electron chi connectivity index (χ1n) is 8.44. The molecule has 1 heterocycles. The maximum absolute atomic E-state index is 12.4. The molecular weight excluding hydrogens is 298 g/mol. The lowest BCUT2D eigenvalue weighted by Gasteiger charge is -2.09. The lowest BCUT2D eigenvalue weighted by Crippen LogP contribution is -2.18. The third-order valence-corrected chi connectivity index (χ3v) is 4.93. The molecule has 1 aliphatic rings. The van der Waals surface area contributed by atoms with Crippen LogP contribution in [0.1, 0.15) is 28.7 Å². The standard InChI is InChI=1S/C20H21N3O/c1-13-8-18-19(9-14(13)2)23(12-21-18)11-20(24)22-17-7-6-15-4-3-5-16(15)10-17/h6-10,12H,3-5,11H2,1-2H3,(H,22,24). The van der Waals surface area contributed by atoms with E-state index in [0.717, 1.165) is 29.6 Å². The van der Waals surface area contributed by atoms with E-state index in [2.05, 4.69) is 48.4 Å². The maximum Gasteiger partial charge on any atom is 0.244 e. The summed E-state index contributed by atoms with van der Waals surface area (Å²) in [5.41, 5.74) is 8.03. The number of hydrogen-bond acceptors (Lipinski definition) is 2. The minimum atomic E-state index is -0.0227. The minimum Gasteiger partial charge on any atom is -0.325 e. The van der Waals surface area contributed by atoms with Crippen LogP contribution in [-0.4, -0.2) is 15.5 Å². The normalized spacial score (nSPS) is 13.2. The van der Waals surface area contributed by atoms with Crippen molar-refractivity contribution in [3.63, 3.8) is 0 Å². The predicted octanol–water partition coefficient (Wildman–Crippen LogP) is 3.78. The SMILES string of the molecule is Cc1cc2ncn(CC(=O)Nc3ccc4c(c3)CCC4)c2cc1C. The van der Waals surface area contributed by atoms with E-state index in [1.165, 1.54) is 28.7 Å². The molecule has 1 aromatic heterocycles. The number of aryl methyl sites for hydroxylation is 4. The van der Waals surface area contributed by atoms with Gasteiger partial charge in [0.15, 0.2) is 0 Å². The molecule has 1 amide bonds. The highest BCUT2D eigenvalue weighted by Gasteiger charge is 2.13. The van der Waals surface area contributed by atoms with Crippen LogP contribution in [0.15, 0.2) is 36.7 Å². The highest BCUT2D eigenvalue weighted by atomic mass is 16.1. The van der Waals surface area contributed by atoms with Crippen LogP contribution in [0.25, 0.3) is 11.0 Å². The molecule has 4 rings (SSSR count). The van der Waals surface area contributed by atoms with Gasteiger partial charge in [-0.1, -0.05) is 6.07 Å². The summed E-state index contributed by atoms with van der Waals surface area (Å²) in [7, 11) is 0. The molecule has 0 unspecified atom stereocenters. The molecule has 1 N–H and O–H groups in total. The van der Waals surface area contributed by atoms with Gasteiger partial charge in [0.05, 0.1) is 17.4 Å². The molecule has 0 bridgehead atoms. The number of hydrogen-bond donors (Lipinski definition) is 1. The number of carbonyl (C=O) groups excluding carboxylic acids is 1. The Labute approximate surface area is 141 Å². The van der Waals surface area contributed by atoms with Crippen molar-refractivity contribution < 1.29 is 4.79 Å². The Morgan fingerprint density at radius 2 is 1.92 bits per heavy atom. The number of rotatable bonds is 3. The van der Waals surface area contributed by atoms with Crippen molar-refractivity contribution in [2.45, 2.75) is 39.7 Å². The quantitative estimate of drug-likeness (QED) is 0.798. The number of nitrogens with one attached hydrogen (secondary N) is 1. The Kier molecular flexibility index (Phi) is 3.60. The van der Waals surface area contributed by atoms with E-state index in [1.807, 2.05) is 10.6 Å². The molecule has 0 radical (unpaired) electrons.